The van der Waals surface area contributed by atoms with Crippen molar-refractivity contribution in [3.63, 3.8) is 0 Å². The minimum Gasteiger partial charge on any atom is -0.342 e. The average Bonchev–Trinajstić information content (AvgIpc) is 3.45. The van der Waals surface area contributed by atoms with Gasteiger partial charge in [0.25, 0.3) is 0 Å². The molecule has 43 heavy (non-hydrogen) atoms. The van der Waals surface area contributed by atoms with E-state index in [1.807, 2.05) is 36.1 Å². The Balaban J connectivity index is 1.26. The number of likely N-dealkylation sites (tertiary alicyclic amines) is 1. The van der Waals surface area contributed by atoms with Crippen LogP contribution in [0.25, 0.3) is 0 Å². The molecule has 3 aliphatic rings. The van der Waals surface area contributed by atoms with Crippen molar-refractivity contribution >= 4 is 40.9 Å². The molecule has 0 aromatic heterocycles. The quantitative estimate of drug-likeness (QED) is 0.398. The molecular weight excluding hydrogens is 566 g/mol. The van der Waals surface area contributed by atoms with E-state index in [1.165, 1.54) is 12.8 Å². The first-order chi connectivity index (χ1) is 20.7. The molecule has 1 saturated heterocycles. The lowest BCUT2D eigenvalue weighted by Crippen LogP contribution is -2.56. The van der Waals surface area contributed by atoms with Crippen LogP contribution < -0.4 is 16.4 Å². The Morgan fingerprint density at radius 1 is 0.977 bits per heavy atom. The Bertz CT molecular complexity index is 1370. The molecule has 4 amide bonds. The van der Waals surface area contributed by atoms with E-state index in [-0.39, 0.29) is 44.2 Å². The molecule has 1 saturated carbocycles. The summed E-state index contributed by atoms with van der Waals surface area (Å²) < 4.78 is 0. The standard InChI is InChI=1S/C33H42ClN5O4/c1-21-18-25(10-11-26(21)34)36-32(42)27(14-16-35)37-33(43)29-19-23-7-2-3-8-24(23)20-39(29)31(41)13-12-30(40)38-17-15-22-6-4-5-9-28(22)38/h2-3,7-8,10-11,18,22,27-29H,4-6,9,12-17,19-20,35H2,1H3,(H,36,42)(H,37,43)/t22?,27-,28?,29-/m0/s1. The zero-order chi connectivity index (χ0) is 30.5. The third kappa shape index (κ3) is 7.21. The summed E-state index contributed by atoms with van der Waals surface area (Å²) in [5.74, 6) is -0.439. The van der Waals surface area contributed by atoms with Gasteiger partial charge in [0, 0.05) is 49.1 Å². The summed E-state index contributed by atoms with van der Waals surface area (Å²) in [5, 5.41) is 6.30. The maximum Gasteiger partial charge on any atom is 0.246 e. The number of fused-ring (bicyclic) bond motifs is 2. The van der Waals surface area contributed by atoms with Gasteiger partial charge in [-0.3, -0.25) is 19.2 Å². The number of hydrogen-bond donors (Lipinski definition) is 3. The van der Waals surface area contributed by atoms with Crippen LogP contribution >= 0.6 is 11.6 Å². The molecule has 2 aromatic carbocycles. The number of hydrogen-bond acceptors (Lipinski definition) is 5. The van der Waals surface area contributed by atoms with E-state index in [0.717, 1.165) is 42.5 Å². The van der Waals surface area contributed by atoms with Crippen molar-refractivity contribution in [2.45, 2.75) is 89.4 Å². The maximum absolute atomic E-state index is 13.7. The summed E-state index contributed by atoms with van der Waals surface area (Å²) in [6, 6.07) is 11.5. The zero-order valence-corrected chi connectivity index (χ0v) is 25.6. The number of carbonyl (C=O) groups excluding carboxylic acids is 4. The van der Waals surface area contributed by atoms with Crippen molar-refractivity contribution in [2.75, 3.05) is 18.4 Å². The Morgan fingerprint density at radius 2 is 1.70 bits per heavy atom. The van der Waals surface area contributed by atoms with Gasteiger partial charge in [0.15, 0.2) is 0 Å². The molecule has 2 aliphatic heterocycles. The monoisotopic (exact) mass is 607 g/mol. The smallest absolute Gasteiger partial charge is 0.246 e. The van der Waals surface area contributed by atoms with E-state index in [0.29, 0.717) is 29.1 Å². The molecule has 2 heterocycles. The maximum atomic E-state index is 13.7. The van der Waals surface area contributed by atoms with Crippen LogP contribution in [-0.4, -0.2) is 64.6 Å². The van der Waals surface area contributed by atoms with Crippen molar-refractivity contribution in [1.82, 2.24) is 15.1 Å². The van der Waals surface area contributed by atoms with Crippen LogP contribution in [0.2, 0.25) is 5.02 Å². The highest BCUT2D eigenvalue weighted by Crippen LogP contribution is 2.36. The zero-order valence-electron chi connectivity index (χ0n) is 24.8. The van der Waals surface area contributed by atoms with Crippen molar-refractivity contribution in [3.8, 4) is 0 Å². The molecule has 4 N–H and O–H groups in total. The normalized spacial score (nSPS) is 21.9. The molecule has 0 radical (unpaired) electrons. The molecule has 10 heteroatoms. The number of halogens is 1. The van der Waals surface area contributed by atoms with Gasteiger partial charge in [0.1, 0.15) is 12.1 Å². The minimum absolute atomic E-state index is 0.0262. The van der Waals surface area contributed by atoms with Crippen LogP contribution in [0.1, 0.15) is 68.1 Å². The second kappa shape index (κ2) is 13.9. The Labute approximate surface area is 258 Å². The third-order valence-electron chi connectivity index (χ3n) is 9.27. The van der Waals surface area contributed by atoms with E-state index in [2.05, 4.69) is 10.6 Å². The predicted octanol–water partition coefficient (Wildman–Crippen LogP) is 3.95. The molecule has 230 valence electrons. The van der Waals surface area contributed by atoms with Gasteiger partial charge in [0.2, 0.25) is 23.6 Å². The summed E-state index contributed by atoms with van der Waals surface area (Å²) in [4.78, 5) is 57.3. The molecule has 0 spiro atoms. The fraction of sp³-hybridized carbons (Fsp3) is 0.515. The molecule has 9 nitrogen and oxygen atoms in total. The van der Waals surface area contributed by atoms with Crippen LogP contribution in [0.3, 0.4) is 0 Å². The van der Waals surface area contributed by atoms with E-state index >= 15 is 0 Å². The number of nitrogens with two attached hydrogens (primary N) is 1. The number of rotatable bonds is 9. The minimum atomic E-state index is -0.886. The predicted molar refractivity (Wildman–Crippen MR) is 166 cm³/mol. The van der Waals surface area contributed by atoms with Crippen LogP contribution in [0.15, 0.2) is 42.5 Å². The number of aryl methyl sites for hydroxylation is 1. The highest BCUT2D eigenvalue weighted by Gasteiger charge is 2.39. The fourth-order valence-corrected chi connectivity index (χ4v) is 7.01. The number of carbonyl (C=O) groups is 4. The first-order valence-electron chi connectivity index (χ1n) is 15.5. The SMILES string of the molecule is Cc1cc(NC(=O)[C@H](CCN)NC(=O)[C@@H]2Cc3ccccc3CN2C(=O)CCC(=O)N2CCC3CCCCC32)ccc1Cl. The van der Waals surface area contributed by atoms with Crippen LogP contribution in [0.4, 0.5) is 5.69 Å². The number of benzene rings is 2. The molecule has 1 aliphatic carbocycles. The number of anilines is 1. The van der Waals surface area contributed by atoms with Crippen LogP contribution in [0.5, 0.6) is 0 Å². The number of nitrogens with one attached hydrogen (secondary N) is 2. The lowest BCUT2D eigenvalue weighted by molar-refractivity contribution is -0.144. The Hall–Kier alpha value is -3.43. The van der Waals surface area contributed by atoms with Crippen molar-refractivity contribution in [1.29, 1.82) is 0 Å². The molecule has 5 rings (SSSR count). The summed E-state index contributed by atoms with van der Waals surface area (Å²) >= 11 is 6.12. The van der Waals surface area contributed by atoms with Crippen molar-refractivity contribution in [3.05, 3.63) is 64.2 Å². The van der Waals surface area contributed by atoms with E-state index in [1.54, 1.807) is 23.1 Å². The molecule has 2 unspecified atom stereocenters. The average molecular weight is 608 g/mol. The first-order valence-corrected chi connectivity index (χ1v) is 15.9. The van der Waals surface area contributed by atoms with Gasteiger partial charge in [0.05, 0.1) is 0 Å². The van der Waals surface area contributed by atoms with Gasteiger partial charge in [-0.1, -0.05) is 48.7 Å². The van der Waals surface area contributed by atoms with Crippen molar-refractivity contribution < 1.29 is 19.2 Å². The van der Waals surface area contributed by atoms with Gasteiger partial charge in [-0.15, -0.1) is 0 Å². The second-order valence-electron chi connectivity index (χ2n) is 12.1. The van der Waals surface area contributed by atoms with E-state index in [4.69, 9.17) is 17.3 Å². The lowest BCUT2D eigenvalue weighted by atomic mass is 9.85. The van der Waals surface area contributed by atoms with Gasteiger partial charge in [-0.25, -0.2) is 0 Å². The first kappa shape index (κ1) is 31.0. The van der Waals surface area contributed by atoms with E-state index < -0.39 is 23.9 Å². The number of amides is 4. The van der Waals surface area contributed by atoms with E-state index in [9.17, 15) is 19.2 Å². The summed E-state index contributed by atoms with van der Waals surface area (Å²) in [6.45, 7) is 3.07. The third-order valence-corrected chi connectivity index (χ3v) is 9.69. The molecule has 2 fully saturated rings. The lowest BCUT2D eigenvalue weighted by Gasteiger charge is -2.37. The fourth-order valence-electron chi connectivity index (χ4n) is 6.89. The van der Waals surface area contributed by atoms with Crippen LogP contribution in [0, 0.1) is 12.8 Å². The molecular formula is C33H42ClN5O4. The second-order valence-corrected chi connectivity index (χ2v) is 12.5. The molecule has 0 bridgehead atoms. The van der Waals surface area contributed by atoms with Gasteiger partial charge >= 0.3 is 0 Å². The summed E-state index contributed by atoms with van der Waals surface area (Å²) in [5.41, 5.74) is 9.15. The van der Waals surface area contributed by atoms with Gasteiger partial charge in [-0.2, -0.15) is 0 Å². The topological polar surface area (TPSA) is 125 Å². The highest BCUT2D eigenvalue weighted by atomic mass is 35.5. The Morgan fingerprint density at radius 3 is 2.44 bits per heavy atom. The summed E-state index contributed by atoms with van der Waals surface area (Å²) in [7, 11) is 0. The van der Waals surface area contributed by atoms with Gasteiger partial charge in [-0.05, 0) is 80.0 Å². The van der Waals surface area contributed by atoms with Crippen molar-refractivity contribution in [2.24, 2.45) is 11.7 Å². The molecule has 2 aromatic rings. The number of nitrogens with zero attached hydrogens (tertiary/aromatic N) is 2. The van der Waals surface area contributed by atoms with Gasteiger partial charge < -0.3 is 26.2 Å². The summed E-state index contributed by atoms with van der Waals surface area (Å²) in [6.07, 6.45) is 6.38. The largest absolute Gasteiger partial charge is 0.342 e. The highest BCUT2D eigenvalue weighted by molar-refractivity contribution is 6.31. The molecule has 4 atom stereocenters. The van der Waals surface area contributed by atoms with Crippen LogP contribution in [-0.2, 0) is 32.1 Å². The Kier molecular flexibility index (Phi) is 10.0.